The maximum Gasteiger partial charge on any atom is 0.254 e. The highest BCUT2D eigenvalue weighted by Gasteiger charge is 2.36. The van der Waals surface area contributed by atoms with E-state index >= 15 is 0 Å². The lowest BCUT2D eigenvalue weighted by molar-refractivity contribution is 0.0774. The number of hydrogen-bond acceptors (Lipinski definition) is 4. The summed E-state index contributed by atoms with van der Waals surface area (Å²) in [6, 6.07) is 10.2. The van der Waals surface area contributed by atoms with Crippen LogP contribution in [0.4, 0.5) is 0 Å². The van der Waals surface area contributed by atoms with Crippen molar-refractivity contribution in [3.05, 3.63) is 53.5 Å². The van der Waals surface area contributed by atoms with Gasteiger partial charge in [-0.05, 0) is 55.5 Å². The molecule has 0 spiro atoms. The van der Waals surface area contributed by atoms with Crippen LogP contribution in [0, 0.1) is 5.92 Å². The van der Waals surface area contributed by atoms with Gasteiger partial charge in [0.25, 0.3) is 5.91 Å². The van der Waals surface area contributed by atoms with Crippen LogP contribution in [0.1, 0.15) is 54.0 Å². The van der Waals surface area contributed by atoms with Gasteiger partial charge in [-0.2, -0.15) is 4.31 Å². The average Bonchev–Trinajstić information content (AvgIpc) is 3.11. The van der Waals surface area contributed by atoms with Gasteiger partial charge in [-0.1, -0.05) is 13.0 Å². The molecule has 1 aromatic carbocycles. The van der Waals surface area contributed by atoms with Gasteiger partial charge in [0.2, 0.25) is 10.0 Å². The molecular weight excluding hydrogens is 376 g/mol. The van der Waals surface area contributed by atoms with E-state index in [0.29, 0.717) is 37.0 Å². The Morgan fingerprint density at radius 2 is 1.93 bits per heavy atom. The number of rotatable bonds is 6. The summed E-state index contributed by atoms with van der Waals surface area (Å²) in [5.41, 5.74) is 0.366. The Kier molecular flexibility index (Phi) is 5.05. The highest BCUT2D eigenvalue weighted by Crippen LogP contribution is 2.47. The van der Waals surface area contributed by atoms with Gasteiger partial charge in [0.05, 0.1) is 11.4 Å². The van der Waals surface area contributed by atoms with Crippen LogP contribution in [-0.2, 0) is 16.6 Å². The summed E-state index contributed by atoms with van der Waals surface area (Å²) in [7, 11) is -1.84. The van der Waals surface area contributed by atoms with Crippen molar-refractivity contribution >= 4 is 15.9 Å². The van der Waals surface area contributed by atoms with E-state index < -0.39 is 10.0 Å². The van der Waals surface area contributed by atoms with E-state index in [1.807, 2.05) is 12.1 Å². The molecular formula is C21H26N2O4S. The first-order valence-corrected chi connectivity index (χ1v) is 11.2. The number of nitrogens with zero attached hydrogens (tertiary/aromatic N) is 2. The largest absolute Gasteiger partial charge is 0.464 e. The molecule has 1 amide bonds. The van der Waals surface area contributed by atoms with Crippen molar-refractivity contribution in [2.45, 2.75) is 43.5 Å². The summed E-state index contributed by atoms with van der Waals surface area (Å²) in [4.78, 5) is 14.6. The van der Waals surface area contributed by atoms with E-state index in [1.165, 1.54) is 10.4 Å². The molecule has 7 heteroatoms. The number of furan rings is 1. The molecule has 1 saturated heterocycles. The lowest BCUT2D eigenvalue weighted by atomic mass is 10.2. The van der Waals surface area contributed by atoms with E-state index in [-0.39, 0.29) is 10.8 Å². The molecule has 28 heavy (non-hydrogen) atoms. The Hall–Kier alpha value is -2.12. The summed E-state index contributed by atoms with van der Waals surface area (Å²) in [5, 5.41) is 0. The Labute approximate surface area is 166 Å². The maximum absolute atomic E-state index is 12.8. The molecule has 4 rings (SSSR count). The fourth-order valence-corrected chi connectivity index (χ4v) is 5.35. The number of amides is 1. The SMILES string of the molecule is C[C@H]1C[C@@H]1c1ccc(CN(C)C(=O)c2cccc(S(=O)(=O)N3CCCC3)c2)o1. The highest BCUT2D eigenvalue weighted by atomic mass is 32.2. The predicted molar refractivity (Wildman–Crippen MR) is 105 cm³/mol. The first-order valence-electron chi connectivity index (χ1n) is 9.80. The molecule has 1 aromatic heterocycles. The predicted octanol–water partition coefficient (Wildman–Crippen LogP) is 3.46. The van der Waals surface area contributed by atoms with E-state index in [9.17, 15) is 13.2 Å². The van der Waals surface area contributed by atoms with Gasteiger partial charge in [-0.25, -0.2) is 8.42 Å². The molecule has 1 saturated carbocycles. The van der Waals surface area contributed by atoms with Crippen molar-refractivity contribution in [3.63, 3.8) is 0 Å². The van der Waals surface area contributed by atoms with Gasteiger partial charge in [-0.15, -0.1) is 0 Å². The quantitative estimate of drug-likeness (QED) is 0.742. The van der Waals surface area contributed by atoms with Gasteiger partial charge in [0.15, 0.2) is 0 Å². The number of benzene rings is 1. The zero-order valence-electron chi connectivity index (χ0n) is 16.3. The van der Waals surface area contributed by atoms with Gasteiger partial charge < -0.3 is 9.32 Å². The van der Waals surface area contributed by atoms with Crippen molar-refractivity contribution < 1.29 is 17.6 Å². The van der Waals surface area contributed by atoms with Crippen LogP contribution in [0.2, 0.25) is 0 Å². The highest BCUT2D eigenvalue weighted by molar-refractivity contribution is 7.89. The van der Waals surface area contributed by atoms with Crippen LogP contribution in [0.3, 0.4) is 0 Å². The smallest absolute Gasteiger partial charge is 0.254 e. The second-order valence-corrected chi connectivity index (χ2v) is 9.86. The van der Waals surface area contributed by atoms with Gasteiger partial charge in [0, 0.05) is 31.6 Å². The molecule has 2 aromatic rings. The van der Waals surface area contributed by atoms with Gasteiger partial charge in [0.1, 0.15) is 11.5 Å². The van der Waals surface area contributed by atoms with Crippen LogP contribution >= 0.6 is 0 Å². The van der Waals surface area contributed by atoms with Crippen molar-refractivity contribution in [1.29, 1.82) is 0 Å². The second kappa shape index (κ2) is 7.37. The summed E-state index contributed by atoms with van der Waals surface area (Å²) < 4.78 is 32.9. The Morgan fingerprint density at radius 1 is 1.21 bits per heavy atom. The van der Waals surface area contributed by atoms with E-state index in [0.717, 1.165) is 30.8 Å². The maximum atomic E-state index is 12.8. The summed E-state index contributed by atoms with van der Waals surface area (Å²) in [6.07, 6.45) is 2.91. The minimum Gasteiger partial charge on any atom is -0.464 e. The first-order chi connectivity index (χ1) is 13.4. The van der Waals surface area contributed by atoms with Crippen LogP contribution in [-0.4, -0.2) is 43.7 Å². The number of carbonyl (C=O) groups excluding carboxylic acids is 1. The zero-order valence-corrected chi connectivity index (χ0v) is 17.1. The number of hydrogen-bond donors (Lipinski definition) is 0. The van der Waals surface area contributed by atoms with E-state index in [1.54, 1.807) is 30.1 Å². The third-order valence-corrected chi connectivity index (χ3v) is 7.58. The van der Waals surface area contributed by atoms with Crippen LogP contribution in [0.25, 0.3) is 0 Å². The topological polar surface area (TPSA) is 70.8 Å². The van der Waals surface area contributed by atoms with E-state index in [4.69, 9.17) is 4.42 Å². The molecule has 0 unspecified atom stereocenters. The fourth-order valence-electron chi connectivity index (χ4n) is 3.79. The van der Waals surface area contributed by atoms with Gasteiger partial charge >= 0.3 is 0 Å². The second-order valence-electron chi connectivity index (χ2n) is 7.92. The molecule has 2 aliphatic rings. The molecule has 150 valence electrons. The molecule has 1 aliphatic carbocycles. The summed E-state index contributed by atoms with van der Waals surface area (Å²) in [6.45, 7) is 3.64. The average molecular weight is 403 g/mol. The lowest BCUT2D eigenvalue weighted by Gasteiger charge is -2.18. The standard InChI is InChI=1S/C21H26N2O4S/c1-15-12-19(15)20-9-8-17(27-20)14-22(2)21(24)16-6-5-7-18(13-16)28(25,26)23-10-3-4-11-23/h5-9,13,15,19H,3-4,10-12,14H2,1-2H3/t15-,19-/m0/s1. The zero-order chi connectivity index (χ0) is 19.9. The molecule has 2 heterocycles. The molecule has 6 nitrogen and oxygen atoms in total. The molecule has 2 atom stereocenters. The number of sulfonamides is 1. The number of carbonyl (C=O) groups is 1. The third-order valence-electron chi connectivity index (χ3n) is 5.68. The van der Waals surface area contributed by atoms with Crippen LogP contribution in [0.15, 0.2) is 45.7 Å². The van der Waals surface area contributed by atoms with Crippen molar-refractivity contribution in [1.82, 2.24) is 9.21 Å². The third kappa shape index (κ3) is 3.73. The molecule has 0 N–H and O–H groups in total. The van der Waals surface area contributed by atoms with Crippen molar-refractivity contribution in [2.75, 3.05) is 20.1 Å². The van der Waals surface area contributed by atoms with Crippen molar-refractivity contribution in [3.8, 4) is 0 Å². The molecule has 1 aliphatic heterocycles. The minimum atomic E-state index is -3.54. The van der Waals surface area contributed by atoms with Crippen LogP contribution < -0.4 is 0 Å². The summed E-state index contributed by atoms with van der Waals surface area (Å²) in [5.74, 6) is 2.67. The molecule has 0 radical (unpaired) electrons. The fraction of sp³-hybridized carbons (Fsp3) is 0.476. The lowest BCUT2D eigenvalue weighted by Crippen LogP contribution is -2.29. The molecule has 2 fully saturated rings. The Morgan fingerprint density at radius 3 is 2.61 bits per heavy atom. The van der Waals surface area contributed by atoms with Gasteiger partial charge in [-0.3, -0.25) is 4.79 Å². The monoisotopic (exact) mass is 402 g/mol. The molecule has 0 bridgehead atoms. The summed E-state index contributed by atoms with van der Waals surface area (Å²) >= 11 is 0. The van der Waals surface area contributed by atoms with Crippen molar-refractivity contribution in [2.24, 2.45) is 5.92 Å². The van der Waals surface area contributed by atoms with Crippen LogP contribution in [0.5, 0.6) is 0 Å². The normalized spacial score (nSPS) is 22.4. The Balaban J connectivity index is 1.47. The van der Waals surface area contributed by atoms with E-state index in [2.05, 4.69) is 6.92 Å². The minimum absolute atomic E-state index is 0.177. The Bertz CT molecular complexity index is 976. The first kappa shape index (κ1) is 19.2.